The smallest absolute Gasteiger partial charge is 0.330 e. The van der Waals surface area contributed by atoms with Gasteiger partial charge in [0.15, 0.2) is 0 Å². The Morgan fingerprint density at radius 3 is 2.27 bits per heavy atom. The fourth-order valence-electron chi connectivity index (χ4n) is 2.61. The van der Waals surface area contributed by atoms with Crippen LogP contribution in [0.1, 0.15) is 26.7 Å². The second kappa shape index (κ2) is 7.93. The molecule has 0 unspecified atom stereocenters. The number of carbonyl (C=O) groups excluding carboxylic acids is 3. The van der Waals surface area contributed by atoms with Crippen LogP contribution in [-0.2, 0) is 33.3 Å². The van der Waals surface area contributed by atoms with Crippen LogP contribution in [-0.4, -0.2) is 51.4 Å². The number of hydrogen-bond donors (Lipinski definition) is 0. The minimum Gasteiger partial charge on any atom is -0.468 e. The molecule has 22 heavy (non-hydrogen) atoms. The molecule has 7 nitrogen and oxygen atoms in total. The average Bonchev–Trinajstić information content (AvgIpc) is 2.85. The van der Waals surface area contributed by atoms with E-state index in [-0.39, 0.29) is 18.8 Å². The van der Waals surface area contributed by atoms with Gasteiger partial charge in [0, 0.05) is 6.08 Å². The molecule has 1 heterocycles. The lowest BCUT2D eigenvalue weighted by atomic mass is 9.75. The van der Waals surface area contributed by atoms with Crippen molar-refractivity contribution in [3.63, 3.8) is 0 Å². The van der Waals surface area contributed by atoms with Crippen LogP contribution in [0.25, 0.3) is 0 Å². The molecule has 0 saturated carbocycles. The fourth-order valence-corrected chi connectivity index (χ4v) is 2.61. The maximum atomic E-state index is 12.4. The summed E-state index contributed by atoms with van der Waals surface area (Å²) in [5.41, 5.74) is -1.56. The maximum absolute atomic E-state index is 12.4. The Labute approximate surface area is 129 Å². The van der Waals surface area contributed by atoms with E-state index in [1.807, 2.05) is 6.92 Å². The highest BCUT2D eigenvalue weighted by molar-refractivity contribution is 6.06. The molecule has 1 saturated heterocycles. The van der Waals surface area contributed by atoms with Crippen molar-refractivity contribution in [2.75, 3.05) is 27.4 Å². The summed E-state index contributed by atoms with van der Waals surface area (Å²) in [6, 6.07) is 0. The van der Waals surface area contributed by atoms with Crippen molar-refractivity contribution in [1.29, 1.82) is 0 Å². The average molecular weight is 314 g/mol. The van der Waals surface area contributed by atoms with Crippen LogP contribution in [0.2, 0.25) is 0 Å². The first-order chi connectivity index (χ1) is 10.5. The van der Waals surface area contributed by atoms with Gasteiger partial charge in [-0.2, -0.15) is 0 Å². The van der Waals surface area contributed by atoms with Gasteiger partial charge in [-0.1, -0.05) is 13.3 Å². The van der Waals surface area contributed by atoms with Crippen LogP contribution >= 0.6 is 0 Å². The van der Waals surface area contributed by atoms with Gasteiger partial charge in [-0.05, 0) is 18.9 Å². The molecule has 1 fully saturated rings. The summed E-state index contributed by atoms with van der Waals surface area (Å²) in [6.07, 6.45) is 1.52. The molecule has 1 atom stereocenters. The van der Waals surface area contributed by atoms with Crippen molar-refractivity contribution in [2.24, 2.45) is 5.41 Å². The molecule has 1 aliphatic rings. The summed E-state index contributed by atoms with van der Waals surface area (Å²) in [5.74, 6) is -2.24. The zero-order chi connectivity index (χ0) is 16.8. The maximum Gasteiger partial charge on any atom is 0.330 e. The van der Waals surface area contributed by atoms with E-state index >= 15 is 0 Å². The number of carbonyl (C=O) groups is 3. The monoisotopic (exact) mass is 314 g/mol. The summed E-state index contributed by atoms with van der Waals surface area (Å²) in [7, 11) is 2.35. The van der Waals surface area contributed by atoms with Crippen molar-refractivity contribution in [3.05, 3.63) is 11.6 Å². The third-order valence-electron chi connectivity index (χ3n) is 3.57. The molecule has 124 valence electrons. The van der Waals surface area contributed by atoms with E-state index in [2.05, 4.69) is 0 Å². The first-order valence-corrected chi connectivity index (χ1v) is 7.15. The molecule has 1 aliphatic heterocycles. The van der Waals surface area contributed by atoms with Crippen LogP contribution in [0.4, 0.5) is 0 Å². The summed E-state index contributed by atoms with van der Waals surface area (Å²) < 4.78 is 20.0. The molecule has 7 heteroatoms. The number of ether oxygens (including phenoxy) is 4. The standard InChI is InChI=1S/C15H22O7/c1-5-7-11-15(13(17)19-3,14(18)20-4)10(9-22-11)8-12(16)21-6-2/h8,11H,5-7,9H2,1-4H3/b10-8+/t11-/m0/s1. The van der Waals surface area contributed by atoms with Crippen LogP contribution in [0.15, 0.2) is 11.6 Å². The first kappa shape index (κ1) is 18.2. The second-order valence-corrected chi connectivity index (χ2v) is 4.80. The lowest BCUT2D eigenvalue weighted by Crippen LogP contribution is -2.48. The van der Waals surface area contributed by atoms with E-state index in [1.54, 1.807) is 6.92 Å². The number of hydrogen-bond acceptors (Lipinski definition) is 7. The molecule has 0 aromatic carbocycles. The van der Waals surface area contributed by atoms with Crippen LogP contribution in [0.3, 0.4) is 0 Å². The van der Waals surface area contributed by atoms with Gasteiger partial charge in [0.1, 0.15) is 0 Å². The Morgan fingerprint density at radius 2 is 1.82 bits per heavy atom. The SMILES string of the molecule is CCC[C@@H]1OC/C(=C\C(=O)OCC)C1(C(=O)OC)C(=O)OC. The van der Waals surface area contributed by atoms with Crippen LogP contribution in [0, 0.1) is 5.41 Å². The Bertz CT molecular complexity index is 451. The number of esters is 3. The first-order valence-electron chi connectivity index (χ1n) is 7.15. The largest absolute Gasteiger partial charge is 0.468 e. The molecule has 0 N–H and O–H groups in total. The molecular formula is C15H22O7. The van der Waals surface area contributed by atoms with Gasteiger partial charge in [0.05, 0.1) is 33.5 Å². The Balaban J connectivity index is 3.38. The summed E-state index contributed by atoms with van der Waals surface area (Å²) >= 11 is 0. The lowest BCUT2D eigenvalue weighted by molar-refractivity contribution is -0.170. The fraction of sp³-hybridized carbons (Fsp3) is 0.667. The molecule has 0 spiro atoms. The summed E-state index contributed by atoms with van der Waals surface area (Å²) in [6.45, 7) is 3.71. The Morgan fingerprint density at radius 1 is 1.23 bits per heavy atom. The Kier molecular flexibility index (Phi) is 6.55. The molecule has 1 rings (SSSR count). The van der Waals surface area contributed by atoms with Crippen molar-refractivity contribution in [2.45, 2.75) is 32.8 Å². The second-order valence-electron chi connectivity index (χ2n) is 4.80. The zero-order valence-electron chi connectivity index (χ0n) is 13.3. The minimum absolute atomic E-state index is 0.0340. The van der Waals surface area contributed by atoms with Crippen LogP contribution < -0.4 is 0 Å². The van der Waals surface area contributed by atoms with Gasteiger partial charge in [0.2, 0.25) is 5.41 Å². The number of rotatable bonds is 6. The van der Waals surface area contributed by atoms with Gasteiger partial charge >= 0.3 is 17.9 Å². The van der Waals surface area contributed by atoms with Crippen LogP contribution in [0.5, 0.6) is 0 Å². The normalized spacial score (nSPS) is 21.5. The van der Waals surface area contributed by atoms with Crippen molar-refractivity contribution in [3.8, 4) is 0 Å². The lowest BCUT2D eigenvalue weighted by Gasteiger charge is -2.29. The molecule has 0 amide bonds. The predicted octanol–water partition coefficient (Wildman–Crippen LogP) is 1.01. The molecule has 0 aromatic heterocycles. The molecule has 0 radical (unpaired) electrons. The third kappa shape index (κ3) is 3.14. The van der Waals surface area contributed by atoms with E-state index in [0.717, 1.165) is 6.08 Å². The topological polar surface area (TPSA) is 88.1 Å². The van der Waals surface area contributed by atoms with E-state index < -0.39 is 29.4 Å². The summed E-state index contributed by atoms with van der Waals surface area (Å²) in [4.78, 5) is 36.5. The summed E-state index contributed by atoms with van der Waals surface area (Å²) in [5, 5.41) is 0. The number of methoxy groups -OCH3 is 2. The highest BCUT2D eigenvalue weighted by atomic mass is 16.6. The van der Waals surface area contributed by atoms with Crippen molar-refractivity contribution in [1.82, 2.24) is 0 Å². The highest BCUT2D eigenvalue weighted by Crippen LogP contribution is 2.44. The van der Waals surface area contributed by atoms with Crippen molar-refractivity contribution >= 4 is 17.9 Å². The van der Waals surface area contributed by atoms with E-state index in [4.69, 9.17) is 18.9 Å². The minimum atomic E-state index is -1.76. The third-order valence-corrected chi connectivity index (χ3v) is 3.57. The van der Waals surface area contributed by atoms with Crippen molar-refractivity contribution < 1.29 is 33.3 Å². The zero-order valence-corrected chi connectivity index (χ0v) is 13.3. The molecular weight excluding hydrogens is 292 g/mol. The van der Waals surface area contributed by atoms with E-state index in [9.17, 15) is 14.4 Å². The van der Waals surface area contributed by atoms with Gasteiger partial charge in [0.25, 0.3) is 0 Å². The van der Waals surface area contributed by atoms with E-state index in [0.29, 0.717) is 12.8 Å². The van der Waals surface area contributed by atoms with Gasteiger partial charge in [-0.3, -0.25) is 9.59 Å². The van der Waals surface area contributed by atoms with Gasteiger partial charge < -0.3 is 18.9 Å². The van der Waals surface area contributed by atoms with Gasteiger partial charge in [-0.25, -0.2) is 4.79 Å². The van der Waals surface area contributed by atoms with Gasteiger partial charge in [-0.15, -0.1) is 0 Å². The highest BCUT2D eigenvalue weighted by Gasteiger charge is 2.61. The Hall–Kier alpha value is -1.89. The molecule has 0 aliphatic carbocycles. The molecule has 0 aromatic rings. The van der Waals surface area contributed by atoms with E-state index in [1.165, 1.54) is 14.2 Å². The quantitative estimate of drug-likeness (QED) is 0.313. The molecule has 0 bridgehead atoms. The predicted molar refractivity (Wildman–Crippen MR) is 75.8 cm³/mol.